The van der Waals surface area contributed by atoms with Gasteiger partial charge in [0, 0.05) is 6.54 Å². The third kappa shape index (κ3) is 5.47. The first-order valence-corrected chi connectivity index (χ1v) is 10.1. The molecule has 2 fully saturated rings. The molecule has 0 saturated carbocycles. The maximum absolute atomic E-state index is 12.5. The lowest BCUT2D eigenvalue weighted by atomic mass is 9.76. The first kappa shape index (κ1) is 22.2. The first-order chi connectivity index (χ1) is 12.2. The average molecular weight is 381 g/mol. The lowest BCUT2D eigenvalue weighted by molar-refractivity contribution is -0.124. The van der Waals surface area contributed by atoms with Gasteiger partial charge in [0.2, 0.25) is 0 Å². The Morgan fingerprint density at radius 2 is 1.70 bits per heavy atom. The van der Waals surface area contributed by atoms with Gasteiger partial charge in [-0.25, -0.2) is 4.79 Å². The van der Waals surface area contributed by atoms with Crippen molar-refractivity contribution < 1.29 is 23.6 Å². The van der Waals surface area contributed by atoms with Crippen LogP contribution in [0.3, 0.4) is 0 Å². The fourth-order valence-electron chi connectivity index (χ4n) is 3.68. The summed E-state index contributed by atoms with van der Waals surface area (Å²) in [4.78, 5) is 26.2. The zero-order chi connectivity index (χ0) is 20.6. The van der Waals surface area contributed by atoms with Crippen molar-refractivity contribution in [1.29, 1.82) is 0 Å². The Kier molecular flexibility index (Phi) is 6.37. The Balaban J connectivity index is 1.91. The molecule has 0 bridgehead atoms. The van der Waals surface area contributed by atoms with Crippen molar-refractivity contribution in [2.24, 2.45) is 5.92 Å². The molecule has 2 atom stereocenters. The molecule has 0 aromatic rings. The molecule has 2 aliphatic rings. The van der Waals surface area contributed by atoms with Crippen molar-refractivity contribution in [2.75, 3.05) is 6.54 Å². The molecular weight excluding hydrogens is 345 g/mol. The predicted octanol–water partition coefficient (Wildman–Crippen LogP) is 4.07. The summed E-state index contributed by atoms with van der Waals surface area (Å²) >= 11 is 0. The lowest BCUT2D eigenvalue weighted by Crippen LogP contribution is -2.51. The number of ketones is 1. The van der Waals surface area contributed by atoms with Crippen LogP contribution in [-0.2, 0) is 18.8 Å². The average Bonchev–Trinajstić information content (AvgIpc) is 2.70. The molecule has 7 heteroatoms. The van der Waals surface area contributed by atoms with Gasteiger partial charge in [-0.3, -0.25) is 9.69 Å². The number of amides is 1. The van der Waals surface area contributed by atoms with E-state index in [1.54, 1.807) is 11.8 Å². The van der Waals surface area contributed by atoms with Gasteiger partial charge in [-0.1, -0.05) is 6.42 Å². The zero-order valence-electron chi connectivity index (χ0n) is 18.3. The Morgan fingerprint density at radius 3 is 2.19 bits per heavy atom. The summed E-state index contributed by atoms with van der Waals surface area (Å²) in [5.74, 6) is 0.387. The second-order valence-electron chi connectivity index (χ2n) is 9.95. The van der Waals surface area contributed by atoms with Crippen LogP contribution >= 0.6 is 0 Å². The maximum Gasteiger partial charge on any atom is 0.457 e. The summed E-state index contributed by atoms with van der Waals surface area (Å²) < 4.78 is 17.6. The molecule has 0 spiro atoms. The van der Waals surface area contributed by atoms with Crippen LogP contribution in [0, 0.1) is 5.92 Å². The Bertz CT molecular complexity index is 553. The minimum atomic E-state index is -0.563. The molecule has 0 aromatic carbocycles. The van der Waals surface area contributed by atoms with E-state index < -0.39 is 17.7 Å². The molecule has 154 valence electrons. The van der Waals surface area contributed by atoms with Crippen LogP contribution in [0.1, 0.15) is 74.7 Å². The highest BCUT2D eigenvalue weighted by molar-refractivity contribution is 6.45. The number of likely N-dealkylation sites (tertiary alicyclic amines) is 1. The zero-order valence-corrected chi connectivity index (χ0v) is 18.3. The van der Waals surface area contributed by atoms with Gasteiger partial charge in [0.25, 0.3) is 0 Å². The summed E-state index contributed by atoms with van der Waals surface area (Å²) in [6, 6.07) is -0.406. The van der Waals surface area contributed by atoms with Gasteiger partial charge in [0.1, 0.15) is 5.60 Å². The van der Waals surface area contributed by atoms with E-state index in [1.807, 2.05) is 20.8 Å². The van der Waals surface area contributed by atoms with Gasteiger partial charge in [-0.2, -0.15) is 0 Å². The minimum Gasteiger partial charge on any atom is -0.444 e. The van der Waals surface area contributed by atoms with Crippen LogP contribution in [0.25, 0.3) is 0 Å². The minimum absolute atomic E-state index is 0.0150. The molecule has 0 aliphatic carbocycles. The van der Waals surface area contributed by atoms with E-state index in [2.05, 4.69) is 27.7 Å². The number of Topliss-reactive ketones (excluding diaryl/α,β-unsaturated/α-hetero) is 1. The van der Waals surface area contributed by atoms with Gasteiger partial charge >= 0.3 is 13.2 Å². The molecule has 0 N–H and O–H groups in total. The number of hydrogen-bond acceptors (Lipinski definition) is 5. The van der Waals surface area contributed by atoms with Crippen LogP contribution in [0.15, 0.2) is 0 Å². The molecule has 2 rings (SSSR count). The molecule has 1 amide bonds. The quantitative estimate of drug-likeness (QED) is 0.687. The van der Waals surface area contributed by atoms with E-state index in [0.29, 0.717) is 18.9 Å². The Hall–Kier alpha value is -1.08. The Labute approximate surface area is 164 Å². The van der Waals surface area contributed by atoms with Crippen LogP contribution in [0.5, 0.6) is 0 Å². The number of carbonyl (C=O) groups excluding carboxylic acids is 2. The molecular formula is C20H36BNO5. The summed E-state index contributed by atoms with van der Waals surface area (Å²) in [5, 5.41) is 0. The van der Waals surface area contributed by atoms with Gasteiger partial charge in [-0.15, -0.1) is 0 Å². The first-order valence-electron chi connectivity index (χ1n) is 10.1. The molecule has 2 aliphatic heterocycles. The fourth-order valence-corrected chi connectivity index (χ4v) is 3.68. The van der Waals surface area contributed by atoms with Gasteiger partial charge in [0.05, 0.1) is 17.2 Å². The molecule has 2 saturated heterocycles. The predicted molar refractivity (Wildman–Crippen MR) is 106 cm³/mol. The van der Waals surface area contributed by atoms with E-state index in [4.69, 9.17) is 14.0 Å². The maximum atomic E-state index is 12.5. The normalized spacial score (nSPS) is 27.6. The van der Waals surface area contributed by atoms with Crippen molar-refractivity contribution >= 4 is 19.0 Å². The monoisotopic (exact) mass is 381 g/mol. The SMILES string of the molecule is CC(=O)C1CC(CCB2OC(C)(C)C(C)(C)O2)CCN1C(=O)OC(C)(C)C. The van der Waals surface area contributed by atoms with Crippen molar-refractivity contribution in [3.63, 3.8) is 0 Å². The summed E-state index contributed by atoms with van der Waals surface area (Å²) in [6.07, 6.45) is 2.86. The van der Waals surface area contributed by atoms with Crippen molar-refractivity contribution in [2.45, 2.75) is 104 Å². The number of hydrogen-bond donors (Lipinski definition) is 0. The number of ether oxygens (including phenoxy) is 1. The summed E-state index contributed by atoms with van der Waals surface area (Å²) in [5.41, 5.74) is -1.20. The summed E-state index contributed by atoms with van der Waals surface area (Å²) in [6.45, 7) is 15.8. The number of carbonyl (C=O) groups is 2. The van der Waals surface area contributed by atoms with E-state index >= 15 is 0 Å². The van der Waals surface area contributed by atoms with Crippen molar-refractivity contribution in [3.05, 3.63) is 0 Å². The van der Waals surface area contributed by atoms with E-state index in [-0.39, 0.29) is 24.1 Å². The highest BCUT2D eigenvalue weighted by Crippen LogP contribution is 2.39. The Morgan fingerprint density at radius 1 is 1.15 bits per heavy atom. The molecule has 0 aromatic heterocycles. The number of rotatable bonds is 4. The van der Waals surface area contributed by atoms with E-state index in [0.717, 1.165) is 19.2 Å². The number of nitrogens with zero attached hydrogens (tertiary/aromatic N) is 1. The smallest absolute Gasteiger partial charge is 0.444 e. The molecule has 2 heterocycles. The van der Waals surface area contributed by atoms with Gasteiger partial charge in [-0.05, 0) is 80.5 Å². The van der Waals surface area contributed by atoms with Crippen LogP contribution < -0.4 is 0 Å². The second kappa shape index (κ2) is 7.74. The standard InChI is InChI=1S/C20H36BNO5/c1-14(23)16-13-15(10-12-22(16)17(24)25-18(2,3)4)9-11-21-26-19(5,6)20(7,8)27-21/h15-16H,9-13H2,1-8H3. The largest absolute Gasteiger partial charge is 0.457 e. The van der Waals surface area contributed by atoms with Crippen molar-refractivity contribution in [3.8, 4) is 0 Å². The van der Waals surface area contributed by atoms with Crippen LogP contribution in [0.4, 0.5) is 4.79 Å². The lowest BCUT2D eigenvalue weighted by Gasteiger charge is -2.39. The fraction of sp³-hybridized carbons (Fsp3) is 0.900. The van der Waals surface area contributed by atoms with Crippen molar-refractivity contribution in [1.82, 2.24) is 4.90 Å². The topological polar surface area (TPSA) is 65.1 Å². The molecule has 6 nitrogen and oxygen atoms in total. The number of piperidine rings is 1. The molecule has 0 radical (unpaired) electrons. The highest BCUT2D eigenvalue weighted by Gasteiger charge is 2.50. The van der Waals surface area contributed by atoms with E-state index in [1.165, 1.54) is 0 Å². The van der Waals surface area contributed by atoms with Gasteiger partial charge < -0.3 is 14.0 Å². The third-order valence-corrected chi connectivity index (χ3v) is 5.92. The highest BCUT2D eigenvalue weighted by atomic mass is 16.7. The third-order valence-electron chi connectivity index (χ3n) is 5.92. The molecule has 27 heavy (non-hydrogen) atoms. The van der Waals surface area contributed by atoms with Crippen LogP contribution in [0.2, 0.25) is 6.32 Å². The van der Waals surface area contributed by atoms with Crippen LogP contribution in [-0.4, -0.2) is 53.3 Å². The second-order valence-corrected chi connectivity index (χ2v) is 9.95. The van der Waals surface area contributed by atoms with E-state index in [9.17, 15) is 9.59 Å². The van der Waals surface area contributed by atoms with Gasteiger partial charge in [0.15, 0.2) is 5.78 Å². The summed E-state index contributed by atoms with van der Waals surface area (Å²) in [7, 11) is -0.213. The molecule has 2 unspecified atom stereocenters.